The molecule has 3 amide bonds. The summed E-state index contributed by atoms with van der Waals surface area (Å²) >= 11 is 1.26. The van der Waals surface area contributed by atoms with Crippen LogP contribution in [0.3, 0.4) is 0 Å². The third kappa shape index (κ3) is 6.11. The molecule has 0 aliphatic heterocycles. The highest BCUT2D eigenvalue weighted by Crippen LogP contribution is 2.18. The summed E-state index contributed by atoms with van der Waals surface area (Å²) in [6.07, 6.45) is 1.98. The molecule has 0 aliphatic carbocycles. The Morgan fingerprint density at radius 3 is 2.33 bits per heavy atom. The van der Waals surface area contributed by atoms with Crippen LogP contribution >= 0.6 is 11.3 Å². The molecule has 10 heteroatoms. The van der Waals surface area contributed by atoms with E-state index in [-0.39, 0.29) is 29.7 Å². The minimum atomic E-state index is -0.382. The van der Waals surface area contributed by atoms with Gasteiger partial charge in [0.1, 0.15) is 0 Å². The third-order valence-corrected chi connectivity index (χ3v) is 4.72. The Balaban J connectivity index is 1.48. The van der Waals surface area contributed by atoms with E-state index in [9.17, 15) is 19.2 Å². The van der Waals surface area contributed by atoms with Gasteiger partial charge in [0, 0.05) is 42.4 Å². The minimum Gasteiger partial charge on any atom is -0.328 e. The molecule has 2 heterocycles. The summed E-state index contributed by atoms with van der Waals surface area (Å²) in [5.74, 6) is -0.717. The van der Waals surface area contributed by atoms with Crippen molar-refractivity contribution >= 4 is 45.6 Å². The number of amides is 3. The van der Waals surface area contributed by atoms with Gasteiger partial charge in [-0.2, -0.15) is 0 Å². The van der Waals surface area contributed by atoms with Crippen LogP contribution < -0.4 is 21.5 Å². The van der Waals surface area contributed by atoms with Crippen LogP contribution in [0.15, 0.2) is 52.8 Å². The topological polar surface area (TPSA) is 133 Å². The number of nitrogens with one attached hydrogen (secondary N) is 4. The van der Waals surface area contributed by atoms with Gasteiger partial charge in [0.15, 0.2) is 5.13 Å². The number of carbonyl (C=O) groups excluding carboxylic acids is 3. The first-order chi connectivity index (χ1) is 14.4. The molecule has 0 fully saturated rings. The SMILES string of the molecule is CC(=O)Nc1ccc(NC(=O)CCc2csc(NC(=O)c3ccc(=O)[nH]c3)n2)cc1. The molecule has 0 atom stereocenters. The van der Waals surface area contributed by atoms with Gasteiger partial charge >= 0.3 is 0 Å². The summed E-state index contributed by atoms with van der Waals surface area (Å²) < 4.78 is 0. The maximum Gasteiger partial charge on any atom is 0.258 e. The normalized spacial score (nSPS) is 10.3. The fourth-order valence-electron chi connectivity index (χ4n) is 2.51. The molecule has 0 spiro atoms. The third-order valence-electron chi connectivity index (χ3n) is 3.92. The van der Waals surface area contributed by atoms with Crippen molar-refractivity contribution < 1.29 is 14.4 Å². The number of carbonyl (C=O) groups is 3. The maximum absolute atomic E-state index is 12.1. The fourth-order valence-corrected chi connectivity index (χ4v) is 3.25. The molecule has 9 nitrogen and oxygen atoms in total. The number of hydrogen-bond acceptors (Lipinski definition) is 6. The number of H-pyrrole nitrogens is 1. The highest BCUT2D eigenvalue weighted by atomic mass is 32.1. The molecule has 4 N–H and O–H groups in total. The Kier molecular flexibility index (Phi) is 6.71. The monoisotopic (exact) mass is 425 g/mol. The van der Waals surface area contributed by atoms with Crippen molar-refractivity contribution in [2.75, 3.05) is 16.0 Å². The molecule has 3 aromatic rings. The van der Waals surface area contributed by atoms with Crippen molar-refractivity contribution in [3.8, 4) is 0 Å². The van der Waals surface area contributed by atoms with Gasteiger partial charge < -0.3 is 15.6 Å². The van der Waals surface area contributed by atoms with E-state index in [1.807, 2.05) is 0 Å². The number of anilines is 3. The van der Waals surface area contributed by atoms with Crippen LogP contribution in [-0.4, -0.2) is 27.7 Å². The molecule has 1 aromatic carbocycles. The fraction of sp³-hybridized carbons (Fsp3) is 0.150. The smallest absolute Gasteiger partial charge is 0.258 e. The van der Waals surface area contributed by atoms with Crippen molar-refractivity contribution in [3.05, 3.63) is 69.6 Å². The number of thiazole rings is 1. The Morgan fingerprint density at radius 1 is 1.00 bits per heavy atom. The van der Waals surface area contributed by atoms with E-state index in [4.69, 9.17) is 0 Å². The first-order valence-electron chi connectivity index (χ1n) is 9.01. The van der Waals surface area contributed by atoms with E-state index in [1.54, 1.807) is 29.6 Å². The van der Waals surface area contributed by atoms with E-state index in [1.165, 1.54) is 36.6 Å². The molecular formula is C20H19N5O4S. The molecule has 2 aromatic heterocycles. The van der Waals surface area contributed by atoms with Gasteiger partial charge in [0.05, 0.1) is 11.3 Å². The number of rotatable bonds is 7. The number of aryl methyl sites for hydroxylation is 1. The van der Waals surface area contributed by atoms with Gasteiger partial charge in [-0.1, -0.05) is 0 Å². The second kappa shape index (κ2) is 9.61. The van der Waals surface area contributed by atoms with E-state index in [0.29, 0.717) is 34.2 Å². The highest BCUT2D eigenvalue weighted by molar-refractivity contribution is 7.14. The lowest BCUT2D eigenvalue weighted by molar-refractivity contribution is -0.116. The van der Waals surface area contributed by atoms with Crippen LogP contribution in [0.1, 0.15) is 29.4 Å². The summed E-state index contributed by atoms with van der Waals surface area (Å²) in [7, 11) is 0. The lowest BCUT2D eigenvalue weighted by Crippen LogP contribution is -2.14. The predicted molar refractivity (Wildman–Crippen MR) is 115 cm³/mol. The van der Waals surface area contributed by atoms with Crippen molar-refractivity contribution in [1.29, 1.82) is 0 Å². The van der Waals surface area contributed by atoms with E-state index < -0.39 is 0 Å². The van der Waals surface area contributed by atoms with Gasteiger partial charge in [0.2, 0.25) is 17.4 Å². The number of aromatic nitrogens is 2. The number of benzene rings is 1. The van der Waals surface area contributed by atoms with Gasteiger partial charge in [-0.25, -0.2) is 4.98 Å². The molecular weight excluding hydrogens is 406 g/mol. The lowest BCUT2D eigenvalue weighted by Gasteiger charge is -2.06. The summed E-state index contributed by atoms with van der Waals surface area (Å²) in [4.78, 5) is 53.1. The van der Waals surface area contributed by atoms with Crippen molar-refractivity contribution in [3.63, 3.8) is 0 Å². The Labute approximate surface area is 175 Å². The molecule has 154 valence electrons. The van der Waals surface area contributed by atoms with Gasteiger partial charge in [-0.15, -0.1) is 11.3 Å². The predicted octanol–water partition coefficient (Wildman–Crippen LogP) is 2.61. The van der Waals surface area contributed by atoms with Crippen LogP contribution in [-0.2, 0) is 16.0 Å². The van der Waals surface area contributed by atoms with Crippen molar-refractivity contribution in [1.82, 2.24) is 9.97 Å². The summed E-state index contributed by atoms with van der Waals surface area (Å²) in [6.45, 7) is 1.43. The van der Waals surface area contributed by atoms with Crippen molar-refractivity contribution in [2.24, 2.45) is 0 Å². The number of aromatic amines is 1. The Bertz CT molecular complexity index is 1100. The second-order valence-corrected chi connectivity index (χ2v) is 7.20. The van der Waals surface area contributed by atoms with Crippen LogP contribution in [0.2, 0.25) is 0 Å². The average molecular weight is 425 g/mol. The van der Waals surface area contributed by atoms with Gasteiger partial charge in [0.25, 0.3) is 5.91 Å². The second-order valence-electron chi connectivity index (χ2n) is 6.35. The van der Waals surface area contributed by atoms with Gasteiger partial charge in [-0.05, 0) is 36.8 Å². The molecule has 0 saturated heterocycles. The zero-order valence-electron chi connectivity index (χ0n) is 16.0. The Hall–Kier alpha value is -3.79. The molecule has 0 bridgehead atoms. The summed E-state index contributed by atoms with van der Waals surface area (Å²) in [5.41, 5.74) is 1.99. The minimum absolute atomic E-state index is 0.163. The van der Waals surface area contributed by atoms with E-state index in [0.717, 1.165) is 0 Å². The van der Waals surface area contributed by atoms with Crippen LogP contribution in [0, 0.1) is 0 Å². The van der Waals surface area contributed by atoms with Crippen LogP contribution in [0.25, 0.3) is 0 Å². The zero-order valence-corrected chi connectivity index (χ0v) is 16.8. The van der Waals surface area contributed by atoms with E-state index in [2.05, 4.69) is 25.9 Å². The number of hydrogen-bond donors (Lipinski definition) is 4. The lowest BCUT2D eigenvalue weighted by atomic mass is 10.2. The largest absolute Gasteiger partial charge is 0.328 e. The molecule has 30 heavy (non-hydrogen) atoms. The van der Waals surface area contributed by atoms with E-state index >= 15 is 0 Å². The average Bonchev–Trinajstić information content (AvgIpc) is 3.15. The Morgan fingerprint density at radius 2 is 1.70 bits per heavy atom. The molecule has 0 saturated carbocycles. The standard InChI is InChI=1S/C20H19N5O4S/c1-12(26)22-14-3-5-15(6-4-14)23-18(28)9-7-16-11-30-20(24-16)25-19(29)13-2-8-17(27)21-10-13/h2-6,8,10-11H,7,9H2,1H3,(H,21,27)(H,22,26)(H,23,28)(H,24,25,29). The number of nitrogens with zero attached hydrogens (tertiary/aromatic N) is 1. The van der Waals surface area contributed by atoms with Crippen molar-refractivity contribution in [2.45, 2.75) is 19.8 Å². The first-order valence-corrected chi connectivity index (χ1v) is 9.89. The first kappa shape index (κ1) is 20.9. The quantitative estimate of drug-likeness (QED) is 0.462. The van der Waals surface area contributed by atoms with Crippen LogP contribution in [0.5, 0.6) is 0 Å². The maximum atomic E-state index is 12.1. The summed E-state index contributed by atoms with van der Waals surface area (Å²) in [6, 6.07) is 9.51. The van der Waals surface area contributed by atoms with Crippen LogP contribution in [0.4, 0.5) is 16.5 Å². The number of pyridine rings is 1. The molecule has 0 aliphatic rings. The highest BCUT2D eigenvalue weighted by Gasteiger charge is 2.10. The van der Waals surface area contributed by atoms with Gasteiger partial charge in [-0.3, -0.25) is 24.5 Å². The molecule has 0 radical (unpaired) electrons. The molecule has 3 rings (SSSR count). The molecule has 0 unspecified atom stereocenters. The zero-order chi connectivity index (χ0) is 21.5. The summed E-state index contributed by atoms with van der Waals surface area (Å²) in [5, 5.41) is 10.3.